The SMILES string of the molecule is Nc1nc(-c2ccccc2)n2c1CCCC2. The Kier molecular flexibility index (Phi) is 2.17. The number of rotatable bonds is 1. The Morgan fingerprint density at radius 2 is 1.94 bits per heavy atom. The van der Waals surface area contributed by atoms with Crippen LogP contribution in [0.25, 0.3) is 11.4 Å². The van der Waals surface area contributed by atoms with E-state index in [4.69, 9.17) is 5.73 Å². The van der Waals surface area contributed by atoms with Crippen molar-refractivity contribution in [3.05, 3.63) is 36.0 Å². The molecule has 3 heteroatoms. The Labute approximate surface area is 94.9 Å². The first-order chi connectivity index (χ1) is 7.86. The van der Waals surface area contributed by atoms with Gasteiger partial charge in [0.2, 0.25) is 0 Å². The molecule has 3 nitrogen and oxygen atoms in total. The van der Waals surface area contributed by atoms with Crippen LogP contribution in [0.2, 0.25) is 0 Å². The zero-order valence-corrected chi connectivity index (χ0v) is 9.19. The Bertz CT molecular complexity index is 499. The zero-order chi connectivity index (χ0) is 11.0. The molecule has 0 spiro atoms. The van der Waals surface area contributed by atoms with Gasteiger partial charge in [-0.3, -0.25) is 0 Å². The van der Waals surface area contributed by atoms with Gasteiger partial charge < -0.3 is 10.3 Å². The molecule has 0 aliphatic carbocycles. The lowest BCUT2D eigenvalue weighted by molar-refractivity contribution is 0.537. The van der Waals surface area contributed by atoms with E-state index in [1.54, 1.807) is 0 Å². The number of hydrogen-bond donors (Lipinski definition) is 1. The maximum Gasteiger partial charge on any atom is 0.145 e. The number of nitrogen functional groups attached to an aromatic ring is 1. The highest BCUT2D eigenvalue weighted by Gasteiger charge is 2.18. The normalized spacial score (nSPS) is 14.8. The van der Waals surface area contributed by atoms with Crippen LogP contribution in [0, 0.1) is 0 Å². The summed E-state index contributed by atoms with van der Waals surface area (Å²) < 4.78 is 2.27. The molecule has 0 atom stereocenters. The molecule has 3 rings (SSSR count). The van der Waals surface area contributed by atoms with Gasteiger partial charge in [0, 0.05) is 12.1 Å². The average Bonchev–Trinajstić information content (AvgIpc) is 2.69. The van der Waals surface area contributed by atoms with E-state index in [0.29, 0.717) is 5.82 Å². The molecule has 2 aromatic rings. The second-order valence-corrected chi connectivity index (χ2v) is 4.24. The van der Waals surface area contributed by atoms with Crippen LogP contribution >= 0.6 is 0 Å². The highest BCUT2D eigenvalue weighted by atomic mass is 15.1. The highest BCUT2D eigenvalue weighted by Crippen LogP contribution is 2.28. The number of fused-ring (bicyclic) bond motifs is 1. The lowest BCUT2D eigenvalue weighted by atomic mass is 10.1. The molecule has 82 valence electrons. The summed E-state index contributed by atoms with van der Waals surface area (Å²) in [5.74, 6) is 1.73. The fourth-order valence-electron chi connectivity index (χ4n) is 2.38. The van der Waals surface area contributed by atoms with Crippen molar-refractivity contribution in [2.75, 3.05) is 5.73 Å². The standard InChI is InChI=1S/C13H15N3/c14-12-11-8-4-5-9-16(11)13(15-12)10-6-2-1-3-7-10/h1-3,6-7H,4-5,8-9,14H2. The minimum absolute atomic E-state index is 0.707. The Hall–Kier alpha value is -1.77. The summed E-state index contributed by atoms with van der Waals surface area (Å²) in [5.41, 5.74) is 8.34. The van der Waals surface area contributed by atoms with Crippen LogP contribution in [0.4, 0.5) is 5.82 Å². The van der Waals surface area contributed by atoms with Gasteiger partial charge in [-0.25, -0.2) is 4.98 Å². The van der Waals surface area contributed by atoms with Crippen molar-refractivity contribution in [2.24, 2.45) is 0 Å². The lowest BCUT2D eigenvalue weighted by Crippen LogP contribution is -2.11. The molecule has 1 aliphatic heterocycles. The molecule has 1 aromatic heterocycles. The molecular formula is C13H15N3. The molecule has 0 bridgehead atoms. The van der Waals surface area contributed by atoms with Crippen LogP contribution < -0.4 is 5.73 Å². The third kappa shape index (κ3) is 1.40. The van der Waals surface area contributed by atoms with Crippen LogP contribution in [0.1, 0.15) is 18.5 Å². The Morgan fingerprint density at radius 1 is 1.12 bits per heavy atom. The van der Waals surface area contributed by atoms with Crippen molar-refractivity contribution < 1.29 is 0 Å². The predicted octanol–water partition coefficient (Wildman–Crippen LogP) is 2.47. The first kappa shape index (κ1) is 9.46. The minimum Gasteiger partial charge on any atom is -0.382 e. The molecular weight excluding hydrogens is 198 g/mol. The second kappa shape index (κ2) is 3.67. The van der Waals surface area contributed by atoms with Crippen LogP contribution in [-0.2, 0) is 13.0 Å². The number of nitrogens with two attached hydrogens (primary N) is 1. The summed E-state index contributed by atoms with van der Waals surface area (Å²) in [6.45, 7) is 1.05. The predicted molar refractivity (Wildman–Crippen MR) is 65.0 cm³/mol. The highest BCUT2D eigenvalue weighted by molar-refractivity contribution is 5.60. The zero-order valence-electron chi connectivity index (χ0n) is 9.19. The van der Waals surface area contributed by atoms with E-state index in [2.05, 4.69) is 21.7 Å². The van der Waals surface area contributed by atoms with Crippen molar-refractivity contribution in [2.45, 2.75) is 25.8 Å². The van der Waals surface area contributed by atoms with Crippen LogP contribution in [0.15, 0.2) is 30.3 Å². The van der Waals surface area contributed by atoms with Crippen molar-refractivity contribution in [3.8, 4) is 11.4 Å². The van der Waals surface area contributed by atoms with Crippen molar-refractivity contribution in [3.63, 3.8) is 0 Å². The third-order valence-electron chi connectivity index (χ3n) is 3.18. The molecule has 0 unspecified atom stereocenters. The maximum absolute atomic E-state index is 5.97. The molecule has 0 fully saturated rings. The number of benzene rings is 1. The van der Waals surface area contributed by atoms with Crippen molar-refractivity contribution in [1.29, 1.82) is 0 Å². The minimum atomic E-state index is 0.707. The first-order valence-corrected chi connectivity index (χ1v) is 5.76. The van der Waals surface area contributed by atoms with Crippen LogP contribution in [-0.4, -0.2) is 9.55 Å². The van der Waals surface area contributed by atoms with Gasteiger partial charge in [-0.15, -0.1) is 0 Å². The number of aromatic nitrogens is 2. The Balaban J connectivity index is 2.15. The molecule has 0 saturated carbocycles. The largest absolute Gasteiger partial charge is 0.382 e. The first-order valence-electron chi connectivity index (χ1n) is 5.76. The van der Waals surface area contributed by atoms with Gasteiger partial charge in [0.25, 0.3) is 0 Å². The molecule has 2 N–H and O–H groups in total. The second-order valence-electron chi connectivity index (χ2n) is 4.24. The monoisotopic (exact) mass is 213 g/mol. The number of anilines is 1. The van der Waals surface area contributed by atoms with Gasteiger partial charge in [0.1, 0.15) is 11.6 Å². The van der Waals surface area contributed by atoms with Gasteiger partial charge in [0.15, 0.2) is 0 Å². The van der Waals surface area contributed by atoms with Gasteiger partial charge in [-0.05, 0) is 19.3 Å². The third-order valence-corrected chi connectivity index (χ3v) is 3.18. The number of nitrogens with zero attached hydrogens (tertiary/aromatic N) is 2. The van der Waals surface area contributed by atoms with Crippen molar-refractivity contribution >= 4 is 5.82 Å². The molecule has 1 aliphatic rings. The Morgan fingerprint density at radius 3 is 2.75 bits per heavy atom. The van der Waals surface area contributed by atoms with Gasteiger partial charge in [0.05, 0.1) is 5.69 Å². The summed E-state index contributed by atoms with van der Waals surface area (Å²) in [7, 11) is 0. The summed E-state index contributed by atoms with van der Waals surface area (Å²) in [4.78, 5) is 4.50. The fraction of sp³-hybridized carbons (Fsp3) is 0.308. The lowest BCUT2D eigenvalue weighted by Gasteiger charge is -2.16. The fourth-order valence-corrected chi connectivity index (χ4v) is 2.38. The van der Waals surface area contributed by atoms with E-state index in [9.17, 15) is 0 Å². The van der Waals surface area contributed by atoms with E-state index >= 15 is 0 Å². The summed E-state index contributed by atoms with van der Waals surface area (Å²) in [6.07, 6.45) is 3.51. The molecule has 2 heterocycles. The van der Waals surface area contributed by atoms with E-state index < -0.39 is 0 Å². The van der Waals surface area contributed by atoms with E-state index in [1.165, 1.54) is 18.5 Å². The van der Waals surface area contributed by atoms with E-state index in [0.717, 1.165) is 24.4 Å². The molecule has 0 radical (unpaired) electrons. The molecule has 0 saturated heterocycles. The van der Waals surface area contributed by atoms with Crippen LogP contribution in [0.5, 0.6) is 0 Å². The summed E-state index contributed by atoms with van der Waals surface area (Å²) >= 11 is 0. The summed E-state index contributed by atoms with van der Waals surface area (Å²) in [6, 6.07) is 10.3. The molecule has 1 aromatic carbocycles. The van der Waals surface area contributed by atoms with Crippen molar-refractivity contribution in [1.82, 2.24) is 9.55 Å². The number of imidazole rings is 1. The van der Waals surface area contributed by atoms with Crippen LogP contribution in [0.3, 0.4) is 0 Å². The topological polar surface area (TPSA) is 43.8 Å². The van der Waals surface area contributed by atoms with Gasteiger partial charge in [-0.2, -0.15) is 0 Å². The van der Waals surface area contributed by atoms with Gasteiger partial charge in [-0.1, -0.05) is 30.3 Å². The van der Waals surface area contributed by atoms with E-state index in [-0.39, 0.29) is 0 Å². The number of hydrogen-bond acceptors (Lipinski definition) is 2. The molecule has 16 heavy (non-hydrogen) atoms. The van der Waals surface area contributed by atoms with E-state index in [1.807, 2.05) is 18.2 Å². The quantitative estimate of drug-likeness (QED) is 0.790. The average molecular weight is 213 g/mol. The summed E-state index contributed by atoms with van der Waals surface area (Å²) in [5, 5.41) is 0. The maximum atomic E-state index is 5.97. The van der Waals surface area contributed by atoms with Gasteiger partial charge >= 0.3 is 0 Å². The molecule has 0 amide bonds. The smallest absolute Gasteiger partial charge is 0.145 e.